The minimum absolute atomic E-state index is 0.112. The van der Waals surface area contributed by atoms with Crippen LogP contribution in [0.1, 0.15) is 13.0 Å². The van der Waals surface area contributed by atoms with Gasteiger partial charge in [0.15, 0.2) is 0 Å². The van der Waals surface area contributed by atoms with E-state index >= 15 is 0 Å². The number of fused-ring (bicyclic) bond motifs is 1. The van der Waals surface area contributed by atoms with Crippen LogP contribution in [0.2, 0.25) is 5.02 Å². The molecule has 1 aromatic carbocycles. The van der Waals surface area contributed by atoms with Crippen molar-refractivity contribution in [2.75, 3.05) is 6.61 Å². The number of benzene rings is 1. The molecule has 21 heavy (non-hydrogen) atoms. The average molecular weight is 321 g/mol. The molecule has 0 amide bonds. The molecule has 3 rings (SSSR count). The molecule has 0 bridgehead atoms. The van der Waals surface area contributed by atoms with Gasteiger partial charge in [0.1, 0.15) is 4.83 Å². The maximum Gasteiger partial charge on any atom is 0.263 e. The topological polar surface area (TPSA) is 55.1 Å². The van der Waals surface area contributed by atoms with Crippen molar-refractivity contribution in [2.24, 2.45) is 0 Å². The van der Waals surface area contributed by atoms with E-state index in [0.29, 0.717) is 15.2 Å². The Kier molecular flexibility index (Phi) is 3.80. The van der Waals surface area contributed by atoms with Gasteiger partial charge in [0, 0.05) is 21.5 Å². The molecule has 2 heterocycles. The highest BCUT2D eigenvalue weighted by molar-refractivity contribution is 7.17. The largest absolute Gasteiger partial charge is 0.394 e. The fourth-order valence-corrected chi connectivity index (χ4v) is 3.36. The summed E-state index contributed by atoms with van der Waals surface area (Å²) >= 11 is 7.65. The van der Waals surface area contributed by atoms with Crippen LogP contribution in [0.25, 0.3) is 21.3 Å². The third kappa shape index (κ3) is 2.37. The van der Waals surface area contributed by atoms with Gasteiger partial charge in [0.2, 0.25) is 0 Å². The molecule has 1 unspecified atom stereocenters. The molecule has 3 aromatic rings. The van der Waals surface area contributed by atoms with Crippen molar-refractivity contribution in [3.8, 4) is 11.1 Å². The van der Waals surface area contributed by atoms with Crippen LogP contribution < -0.4 is 5.56 Å². The Hall–Kier alpha value is -1.69. The van der Waals surface area contributed by atoms with Gasteiger partial charge in [-0.15, -0.1) is 11.3 Å². The summed E-state index contributed by atoms with van der Waals surface area (Å²) < 4.78 is 1.45. The first kappa shape index (κ1) is 14.3. The number of hydrogen-bond acceptors (Lipinski definition) is 4. The van der Waals surface area contributed by atoms with Crippen molar-refractivity contribution in [2.45, 2.75) is 13.0 Å². The molecule has 2 aromatic heterocycles. The molecule has 0 aliphatic rings. The van der Waals surface area contributed by atoms with E-state index in [2.05, 4.69) is 4.98 Å². The van der Waals surface area contributed by atoms with Crippen molar-refractivity contribution in [3.63, 3.8) is 0 Å². The van der Waals surface area contributed by atoms with Crippen LogP contribution in [-0.4, -0.2) is 21.3 Å². The molecule has 1 N–H and O–H groups in total. The summed E-state index contributed by atoms with van der Waals surface area (Å²) in [5.41, 5.74) is 1.45. The van der Waals surface area contributed by atoms with Gasteiger partial charge >= 0.3 is 0 Å². The van der Waals surface area contributed by atoms with E-state index in [9.17, 15) is 9.90 Å². The molecule has 0 saturated heterocycles. The van der Waals surface area contributed by atoms with Gasteiger partial charge < -0.3 is 5.11 Å². The molecule has 1 atom stereocenters. The zero-order chi connectivity index (χ0) is 15.0. The van der Waals surface area contributed by atoms with Crippen LogP contribution in [0, 0.1) is 0 Å². The van der Waals surface area contributed by atoms with Crippen LogP contribution in [0.5, 0.6) is 0 Å². The van der Waals surface area contributed by atoms with E-state index < -0.39 is 0 Å². The molecule has 0 fully saturated rings. The third-order valence-electron chi connectivity index (χ3n) is 3.42. The van der Waals surface area contributed by atoms with E-state index in [1.54, 1.807) is 13.0 Å². The smallest absolute Gasteiger partial charge is 0.263 e. The van der Waals surface area contributed by atoms with Gasteiger partial charge in [-0.05, 0) is 13.0 Å². The van der Waals surface area contributed by atoms with Gasteiger partial charge in [-0.3, -0.25) is 9.36 Å². The highest BCUT2D eigenvalue weighted by atomic mass is 35.5. The Morgan fingerprint density at radius 2 is 2.14 bits per heavy atom. The standard InChI is InChI=1S/C15H13ClN2O2S/c1-9(6-19)18-8-17-14-13(15(18)20)11(7-21-14)10-4-2-3-5-12(10)16/h2-5,7-9,19H,6H2,1H3. The molecular weight excluding hydrogens is 308 g/mol. The summed E-state index contributed by atoms with van der Waals surface area (Å²) in [7, 11) is 0. The second-order valence-electron chi connectivity index (χ2n) is 4.80. The Morgan fingerprint density at radius 3 is 2.86 bits per heavy atom. The summed E-state index contributed by atoms with van der Waals surface area (Å²) in [5.74, 6) is 0. The fraction of sp³-hybridized carbons (Fsp3) is 0.200. The van der Waals surface area contributed by atoms with E-state index in [1.807, 2.05) is 23.6 Å². The van der Waals surface area contributed by atoms with Crippen LogP contribution in [-0.2, 0) is 0 Å². The molecule has 108 valence electrons. The van der Waals surface area contributed by atoms with Gasteiger partial charge in [0.05, 0.1) is 24.4 Å². The molecule has 0 spiro atoms. The summed E-state index contributed by atoms with van der Waals surface area (Å²) in [5, 5.41) is 12.3. The summed E-state index contributed by atoms with van der Waals surface area (Å²) in [6, 6.07) is 7.11. The van der Waals surface area contributed by atoms with Crippen molar-refractivity contribution < 1.29 is 5.11 Å². The van der Waals surface area contributed by atoms with Crippen molar-refractivity contribution in [1.82, 2.24) is 9.55 Å². The minimum atomic E-state index is -0.312. The highest BCUT2D eigenvalue weighted by Gasteiger charge is 2.16. The lowest BCUT2D eigenvalue weighted by Crippen LogP contribution is -2.25. The highest BCUT2D eigenvalue weighted by Crippen LogP contribution is 2.34. The second kappa shape index (κ2) is 5.60. The van der Waals surface area contributed by atoms with Crippen molar-refractivity contribution in [1.29, 1.82) is 0 Å². The molecule has 0 radical (unpaired) electrons. The monoisotopic (exact) mass is 320 g/mol. The van der Waals surface area contributed by atoms with Crippen molar-refractivity contribution >= 4 is 33.2 Å². The second-order valence-corrected chi connectivity index (χ2v) is 6.06. The maximum absolute atomic E-state index is 12.7. The number of nitrogens with zero attached hydrogens (tertiary/aromatic N) is 2. The summed E-state index contributed by atoms with van der Waals surface area (Å²) in [6.07, 6.45) is 1.48. The van der Waals surface area contributed by atoms with E-state index in [4.69, 9.17) is 11.6 Å². The molecular formula is C15H13ClN2O2S. The lowest BCUT2D eigenvalue weighted by Gasteiger charge is -2.11. The quantitative estimate of drug-likeness (QED) is 0.805. The van der Waals surface area contributed by atoms with Gasteiger partial charge in [-0.25, -0.2) is 4.98 Å². The first-order valence-electron chi connectivity index (χ1n) is 6.47. The van der Waals surface area contributed by atoms with Crippen LogP contribution in [0.3, 0.4) is 0 Å². The molecule has 6 heteroatoms. The van der Waals surface area contributed by atoms with Crippen LogP contribution >= 0.6 is 22.9 Å². The van der Waals surface area contributed by atoms with E-state index in [0.717, 1.165) is 11.1 Å². The number of aliphatic hydroxyl groups is 1. The predicted molar refractivity (Wildman–Crippen MR) is 86.1 cm³/mol. The number of thiophene rings is 1. The minimum Gasteiger partial charge on any atom is -0.394 e. The Labute approximate surface area is 130 Å². The van der Waals surface area contributed by atoms with E-state index in [-0.39, 0.29) is 18.2 Å². The fourth-order valence-electron chi connectivity index (χ4n) is 2.23. The van der Waals surface area contributed by atoms with E-state index in [1.165, 1.54) is 22.2 Å². The van der Waals surface area contributed by atoms with Crippen molar-refractivity contribution in [3.05, 3.63) is 51.3 Å². The van der Waals surface area contributed by atoms with Gasteiger partial charge in [0.25, 0.3) is 5.56 Å². The Bertz CT molecular complexity index is 856. The molecule has 0 aliphatic carbocycles. The molecule has 0 saturated carbocycles. The molecule has 4 nitrogen and oxygen atoms in total. The Balaban J connectivity index is 2.31. The first-order valence-corrected chi connectivity index (χ1v) is 7.73. The number of aliphatic hydroxyl groups excluding tert-OH is 1. The third-order valence-corrected chi connectivity index (χ3v) is 4.64. The Morgan fingerprint density at radius 1 is 1.38 bits per heavy atom. The summed E-state index contributed by atoms with van der Waals surface area (Å²) in [6.45, 7) is 1.66. The van der Waals surface area contributed by atoms with Gasteiger partial charge in [-0.1, -0.05) is 29.8 Å². The number of halogens is 1. The summed E-state index contributed by atoms with van der Waals surface area (Å²) in [4.78, 5) is 17.7. The lowest BCUT2D eigenvalue weighted by atomic mass is 10.1. The maximum atomic E-state index is 12.7. The predicted octanol–water partition coefficient (Wildman–Crippen LogP) is 3.33. The SMILES string of the molecule is CC(CO)n1cnc2scc(-c3ccccc3Cl)c2c1=O. The zero-order valence-electron chi connectivity index (χ0n) is 11.3. The number of rotatable bonds is 3. The van der Waals surface area contributed by atoms with Crippen LogP contribution in [0.4, 0.5) is 0 Å². The lowest BCUT2D eigenvalue weighted by molar-refractivity contribution is 0.236. The first-order chi connectivity index (χ1) is 10.1. The zero-order valence-corrected chi connectivity index (χ0v) is 12.9. The van der Waals surface area contributed by atoms with Gasteiger partial charge in [-0.2, -0.15) is 0 Å². The molecule has 0 aliphatic heterocycles. The average Bonchev–Trinajstić information content (AvgIpc) is 2.92. The number of aromatic nitrogens is 2. The van der Waals surface area contributed by atoms with Crippen LogP contribution in [0.15, 0.2) is 40.8 Å². The number of hydrogen-bond donors (Lipinski definition) is 1. The normalized spacial score (nSPS) is 12.7.